The van der Waals surface area contributed by atoms with Crippen LogP contribution in [0.3, 0.4) is 0 Å². The van der Waals surface area contributed by atoms with Crippen molar-refractivity contribution in [3.8, 4) is 34.0 Å². The number of benzene rings is 3. The first kappa shape index (κ1) is 16.1. The molecule has 0 spiro atoms. The zero-order valence-corrected chi connectivity index (χ0v) is 14.7. The number of aromatic nitrogens is 3. The first-order valence-electron chi connectivity index (χ1n) is 8.52. The molecule has 128 valence electrons. The van der Waals surface area contributed by atoms with Crippen LogP contribution in [-0.4, -0.2) is 19.9 Å². The van der Waals surface area contributed by atoms with E-state index < -0.39 is 0 Å². The third-order valence-electron chi connectivity index (χ3n) is 4.52. The average Bonchev–Trinajstić information content (AvgIpc) is 3.04. The fraction of sp³-hybridized carbons (Fsp3) is 0.0909. The summed E-state index contributed by atoms with van der Waals surface area (Å²) in [6.45, 7) is 3.86. The normalized spacial score (nSPS) is 10.8. The molecule has 0 aliphatic carbocycles. The number of para-hydroxylation sites is 1. The Morgan fingerprint density at radius 3 is 2.04 bits per heavy atom. The fourth-order valence-corrected chi connectivity index (χ4v) is 3.19. The average molecular weight is 341 g/mol. The van der Waals surface area contributed by atoms with Gasteiger partial charge in [-0.15, -0.1) is 10.2 Å². The number of phenolic OH excluding ortho intramolecular Hbond substituents is 1. The molecule has 4 heteroatoms. The van der Waals surface area contributed by atoms with Crippen LogP contribution in [0.5, 0.6) is 5.75 Å². The van der Waals surface area contributed by atoms with Crippen LogP contribution in [-0.2, 0) is 0 Å². The molecule has 0 saturated heterocycles. The van der Waals surface area contributed by atoms with E-state index in [4.69, 9.17) is 0 Å². The first-order chi connectivity index (χ1) is 12.6. The SMILES string of the molecule is Cc1cccc(O)c1-n1c(C)nnc1-c1ccc(-c2ccccc2)cc1. The Morgan fingerprint density at radius 2 is 1.35 bits per heavy atom. The van der Waals surface area contributed by atoms with Gasteiger partial charge in [0, 0.05) is 5.56 Å². The van der Waals surface area contributed by atoms with E-state index in [2.05, 4.69) is 34.5 Å². The van der Waals surface area contributed by atoms with Crippen LogP contribution < -0.4 is 0 Å². The molecule has 0 saturated carbocycles. The molecule has 3 aromatic carbocycles. The van der Waals surface area contributed by atoms with Crippen molar-refractivity contribution in [3.05, 3.63) is 84.2 Å². The summed E-state index contributed by atoms with van der Waals surface area (Å²) in [6.07, 6.45) is 0. The molecule has 1 N–H and O–H groups in total. The second-order valence-electron chi connectivity index (χ2n) is 6.29. The number of aryl methyl sites for hydroxylation is 2. The van der Waals surface area contributed by atoms with Crippen molar-refractivity contribution >= 4 is 0 Å². The largest absolute Gasteiger partial charge is 0.506 e. The smallest absolute Gasteiger partial charge is 0.168 e. The van der Waals surface area contributed by atoms with Gasteiger partial charge in [-0.05, 0) is 36.6 Å². The van der Waals surface area contributed by atoms with Crippen molar-refractivity contribution < 1.29 is 5.11 Å². The minimum Gasteiger partial charge on any atom is -0.506 e. The summed E-state index contributed by atoms with van der Waals surface area (Å²) in [7, 11) is 0. The van der Waals surface area contributed by atoms with Gasteiger partial charge in [-0.2, -0.15) is 0 Å². The van der Waals surface area contributed by atoms with Crippen molar-refractivity contribution in [2.45, 2.75) is 13.8 Å². The summed E-state index contributed by atoms with van der Waals surface area (Å²) in [5, 5.41) is 19.0. The Morgan fingerprint density at radius 1 is 0.692 bits per heavy atom. The third kappa shape index (κ3) is 2.75. The molecular formula is C22H19N3O. The van der Waals surface area contributed by atoms with Gasteiger partial charge in [0.15, 0.2) is 5.82 Å². The Hall–Kier alpha value is -3.40. The van der Waals surface area contributed by atoms with Gasteiger partial charge in [-0.3, -0.25) is 4.57 Å². The van der Waals surface area contributed by atoms with E-state index >= 15 is 0 Å². The summed E-state index contributed by atoms with van der Waals surface area (Å²) in [5.41, 5.74) is 4.96. The van der Waals surface area contributed by atoms with Gasteiger partial charge in [0.1, 0.15) is 11.6 Å². The molecule has 0 aliphatic rings. The second kappa shape index (κ2) is 6.48. The first-order valence-corrected chi connectivity index (χ1v) is 8.52. The maximum absolute atomic E-state index is 10.4. The Labute approximate surface area is 152 Å². The highest BCUT2D eigenvalue weighted by atomic mass is 16.3. The van der Waals surface area contributed by atoms with Crippen molar-refractivity contribution in [2.75, 3.05) is 0 Å². The van der Waals surface area contributed by atoms with Gasteiger partial charge >= 0.3 is 0 Å². The highest BCUT2D eigenvalue weighted by Gasteiger charge is 2.17. The summed E-state index contributed by atoms with van der Waals surface area (Å²) in [4.78, 5) is 0. The molecule has 0 bridgehead atoms. The summed E-state index contributed by atoms with van der Waals surface area (Å²) >= 11 is 0. The van der Waals surface area contributed by atoms with Crippen LogP contribution in [0.15, 0.2) is 72.8 Å². The van der Waals surface area contributed by atoms with Gasteiger partial charge in [0.05, 0.1) is 5.69 Å². The van der Waals surface area contributed by atoms with E-state index in [1.807, 2.05) is 60.9 Å². The Bertz CT molecular complexity index is 1030. The lowest BCUT2D eigenvalue weighted by molar-refractivity contribution is 0.471. The lowest BCUT2D eigenvalue weighted by atomic mass is 10.0. The number of hydrogen-bond acceptors (Lipinski definition) is 3. The molecule has 4 rings (SSSR count). The molecule has 0 atom stereocenters. The van der Waals surface area contributed by atoms with Crippen molar-refractivity contribution in [2.24, 2.45) is 0 Å². The van der Waals surface area contributed by atoms with Gasteiger partial charge in [-0.25, -0.2) is 0 Å². The Kier molecular flexibility index (Phi) is 4.01. The molecule has 0 fully saturated rings. The van der Waals surface area contributed by atoms with Crippen LogP contribution in [0, 0.1) is 13.8 Å². The van der Waals surface area contributed by atoms with E-state index in [1.54, 1.807) is 6.07 Å². The maximum atomic E-state index is 10.4. The highest BCUT2D eigenvalue weighted by molar-refractivity contribution is 5.69. The molecule has 4 aromatic rings. The highest BCUT2D eigenvalue weighted by Crippen LogP contribution is 2.31. The molecule has 0 amide bonds. The number of rotatable bonds is 3. The van der Waals surface area contributed by atoms with E-state index in [0.717, 1.165) is 28.2 Å². The molecule has 26 heavy (non-hydrogen) atoms. The predicted octanol–water partition coefficient (Wildman–Crippen LogP) is 4.92. The fourth-order valence-electron chi connectivity index (χ4n) is 3.19. The summed E-state index contributed by atoms with van der Waals surface area (Å²) < 4.78 is 1.90. The van der Waals surface area contributed by atoms with E-state index in [-0.39, 0.29) is 5.75 Å². The maximum Gasteiger partial charge on any atom is 0.168 e. The summed E-state index contributed by atoms with van der Waals surface area (Å²) in [6, 6.07) is 24.0. The monoisotopic (exact) mass is 341 g/mol. The van der Waals surface area contributed by atoms with Crippen LogP contribution in [0.2, 0.25) is 0 Å². The lowest BCUT2D eigenvalue weighted by Gasteiger charge is -2.13. The zero-order chi connectivity index (χ0) is 18.1. The van der Waals surface area contributed by atoms with Crippen LogP contribution >= 0.6 is 0 Å². The molecular weight excluding hydrogens is 322 g/mol. The Balaban J connectivity index is 1.81. The predicted molar refractivity (Wildman–Crippen MR) is 103 cm³/mol. The van der Waals surface area contributed by atoms with E-state index in [1.165, 1.54) is 5.56 Å². The molecule has 1 heterocycles. The minimum absolute atomic E-state index is 0.218. The van der Waals surface area contributed by atoms with Crippen molar-refractivity contribution in [3.63, 3.8) is 0 Å². The standard InChI is InChI=1S/C22H19N3O/c1-15-7-6-10-20(26)21(15)25-16(2)23-24-22(25)19-13-11-18(12-14-19)17-8-4-3-5-9-17/h3-14,26H,1-2H3. The third-order valence-corrected chi connectivity index (χ3v) is 4.52. The van der Waals surface area contributed by atoms with Crippen LogP contribution in [0.1, 0.15) is 11.4 Å². The van der Waals surface area contributed by atoms with Crippen molar-refractivity contribution in [1.29, 1.82) is 0 Å². The van der Waals surface area contributed by atoms with E-state index in [9.17, 15) is 5.11 Å². The van der Waals surface area contributed by atoms with Crippen LogP contribution in [0.4, 0.5) is 0 Å². The molecule has 0 radical (unpaired) electrons. The molecule has 1 aromatic heterocycles. The van der Waals surface area contributed by atoms with Gasteiger partial charge in [0.25, 0.3) is 0 Å². The topological polar surface area (TPSA) is 50.9 Å². The van der Waals surface area contributed by atoms with Crippen molar-refractivity contribution in [1.82, 2.24) is 14.8 Å². The van der Waals surface area contributed by atoms with Gasteiger partial charge in [-0.1, -0.05) is 66.7 Å². The number of phenols is 1. The number of hydrogen-bond donors (Lipinski definition) is 1. The molecule has 0 unspecified atom stereocenters. The lowest BCUT2D eigenvalue weighted by Crippen LogP contribution is -2.02. The quantitative estimate of drug-likeness (QED) is 0.575. The van der Waals surface area contributed by atoms with Gasteiger partial charge in [0.2, 0.25) is 0 Å². The molecule has 4 nitrogen and oxygen atoms in total. The molecule has 0 aliphatic heterocycles. The zero-order valence-electron chi connectivity index (χ0n) is 14.7. The van der Waals surface area contributed by atoms with E-state index in [0.29, 0.717) is 5.82 Å². The summed E-state index contributed by atoms with van der Waals surface area (Å²) in [5.74, 6) is 1.67. The minimum atomic E-state index is 0.218. The van der Waals surface area contributed by atoms with Crippen LogP contribution in [0.25, 0.3) is 28.2 Å². The van der Waals surface area contributed by atoms with Gasteiger partial charge < -0.3 is 5.11 Å². The number of aromatic hydroxyl groups is 1. The second-order valence-corrected chi connectivity index (χ2v) is 6.29. The number of nitrogens with zero attached hydrogens (tertiary/aromatic N) is 3.